The van der Waals surface area contributed by atoms with Crippen LogP contribution in [0.2, 0.25) is 18.1 Å². The molecule has 0 N–H and O–H groups in total. The van der Waals surface area contributed by atoms with Crippen LogP contribution in [0.4, 0.5) is 0 Å². The van der Waals surface area contributed by atoms with Gasteiger partial charge in [-0.3, -0.25) is 0 Å². The average molecular weight is 637 g/mol. The highest BCUT2D eigenvalue weighted by Crippen LogP contribution is 2.38. The van der Waals surface area contributed by atoms with Gasteiger partial charge in [-0.25, -0.2) is 0 Å². The van der Waals surface area contributed by atoms with Crippen molar-refractivity contribution in [1.82, 2.24) is 0 Å². The molecule has 1 aromatic carbocycles. The van der Waals surface area contributed by atoms with Crippen molar-refractivity contribution in [2.45, 2.75) is 103 Å². The van der Waals surface area contributed by atoms with E-state index in [2.05, 4.69) is 64.8 Å². The molecule has 2 rings (SSSR count). The van der Waals surface area contributed by atoms with E-state index in [0.29, 0.717) is 39.6 Å². The highest BCUT2D eigenvalue weighted by Gasteiger charge is 2.40. The summed E-state index contributed by atoms with van der Waals surface area (Å²) in [6.45, 7) is 17.1. The summed E-state index contributed by atoms with van der Waals surface area (Å²) in [6, 6.07) is 10.2. The lowest BCUT2D eigenvalue weighted by Gasteiger charge is -2.38. The van der Waals surface area contributed by atoms with Crippen molar-refractivity contribution in [3.8, 4) is 11.8 Å². The van der Waals surface area contributed by atoms with Gasteiger partial charge in [-0.2, -0.15) is 0 Å². The van der Waals surface area contributed by atoms with Gasteiger partial charge in [0.15, 0.2) is 8.32 Å². The van der Waals surface area contributed by atoms with Crippen molar-refractivity contribution in [3.05, 3.63) is 35.9 Å². The van der Waals surface area contributed by atoms with Gasteiger partial charge < -0.3 is 37.6 Å². The van der Waals surface area contributed by atoms with Crippen LogP contribution in [-0.4, -0.2) is 87.5 Å². The Bertz CT molecular complexity index is 926. The number of benzene rings is 1. The smallest absolute Gasteiger partial charge is 0.192 e. The van der Waals surface area contributed by atoms with Gasteiger partial charge in [0.2, 0.25) is 0 Å². The molecule has 0 spiro atoms. The second-order valence-electron chi connectivity index (χ2n) is 13.2. The Labute approximate surface area is 268 Å². The third kappa shape index (κ3) is 15.3. The Kier molecular flexibility index (Phi) is 19.0. The van der Waals surface area contributed by atoms with Crippen LogP contribution in [0.25, 0.3) is 0 Å². The topological polar surface area (TPSA) is 73.8 Å². The SMILES string of the molecule is COCCOCO[C@@H]1C[C@@H]([C@@H](COCc2ccccc2)OCOCCOC)[C@H](C#CCCC[C@H](C)O[Si](C)(C)C(C)(C)C)C1. The molecule has 0 aromatic heterocycles. The molecular formula is C35H60O8Si. The first-order valence-corrected chi connectivity index (χ1v) is 19.1. The molecule has 1 aromatic rings. The maximum Gasteiger partial charge on any atom is 0.192 e. The lowest BCUT2D eigenvalue weighted by atomic mass is 9.91. The molecular weight excluding hydrogens is 576 g/mol. The van der Waals surface area contributed by atoms with Crippen LogP contribution in [0.1, 0.15) is 65.4 Å². The Morgan fingerprint density at radius 2 is 1.59 bits per heavy atom. The Hall–Kier alpha value is -1.32. The second kappa shape index (κ2) is 21.5. The van der Waals surface area contributed by atoms with Gasteiger partial charge in [0, 0.05) is 38.6 Å². The Balaban J connectivity index is 2.03. The fraction of sp³-hybridized carbons (Fsp3) is 0.771. The average Bonchev–Trinajstić information content (AvgIpc) is 3.38. The summed E-state index contributed by atoms with van der Waals surface area (Å²) in [7, 11) is 1.56. The largest absolute Gasteiger partial charge is 0.414 e. The molecule has 1 fully saturated rings. The molecule has 0 radical (unpaired) electrons. The molecule has 9 heteroatoms. The van der Waals surface area contributed by atoms with Gasteiger partial charge in [-0.1, -0.05) is 57.0 Å². The van der Waals surface area contributed by atoms with Gasteiger partial charge in [-0.15, -0.1) is 5.92 Å². The van der Waals surface area contributed by atoms with E-state index in [9.17, 15) is 0 Å². The van der Waals surface area contributed by atoms with Crippen molar-refractivity contribution in [1.29, 1.82) is 0 Å². The van der Waals surface area contributed by atoms with Crippen LogP contribution >= 0.6 is 0 Å². The summed E-state index contributed by atoms with van der Waals surface area (Å²) >= 11 is 0. The fourth-order valence-corrected chi connectivity index (χ4v) is 6.48. The summed E-state index contributed by atoms with van der Waals surface area (Å²) in [6.07, 6.45) is 4.62. The van der Waals surface area contributed by atoms with Crippen molar-refractivity contribution in [2.75, 3.05) is 60.8 Å². The van der Waals surface area contributed by atoms with E-state index in [1.54, 1.807) is 14.2 Å². The maximum absolute atomic E-state index is 6.54. The molecule has 8 nitrogen and oxygen atoms in total. The standard InChI is InChI=1S/C35H60O8Si/c1-29(43-44(7,8)35(2,3)4)15-11-9-14-18-31-23-32(41-27-38-21-19-36-5)24-33(31)34(42-28-39-22-20-37-6)26-40-25-30-16-12-10-13-17-30/h10,12-13,16-17,29,31-34H,9,11,15,19-28H2,1-8H3/t29-,31+,32-,33+,34+/m0/s1. The van der Waals surface area contributed by atoms with Gasteiger partial charge in [0.25, 0.3) is 0 Å². The maximum atomic E-state index is 6.54. The van der Waals surface area contributed by atoms with Gasteiger partial charge in [-0.05, 0) is 56.3 Å². The zero-order valence-corrected chi connectivity index (χ0v) is 29.7. The van der Waals surface area contributed by atoms with E-state index >= 15 is 0 Å². The number of hydrogen-bond acceptors (Lipinski definition) is 8. The molecule has 44 heavy (non-hydrogen) atoms. The predicted molar refractivity (Wildman–Crippen MR) is 177 cm³/mol. The van der Waals surface area contributed by atoms with Crippen LogP contribution in [-0.2, 0) is 44.2 Å². The number of methoxy groups -OCH3 is 2. The van der Waals surface area contributed by atoms with E-state index in [0.717, 1.165) is 37.7 Å². The van der Waals surface area contributed by atoms with E-state index < -0.39 is 8.32 Å². The third-order valence-electron chi connectivity index (χ3n) is 8.56. The van der Waals surface area contributed by atoms with Gasteiger partial charge >= 0.3 is 0 Å². The summed E-state index contributed by atoms with van der Waals surface area (Å²) in [5.41, 5.74) is 1.13. The minimum Gasteiger partial charge on any atom is -0.414 e. The van der Waals surface area contributed by atoms with Gasteiger partial charge in [0.1, 0.15) is 13.6 Å². The van der Waals surface area contributed by atoms with E-state index in [-0.39, 0.29) is 48.8 Å². The second-order valence-corrected chi connectivity index (χ2v) is 17.9. The zero-order valence-electron chi connectivity index (χ0n) is 28.7. The van der Waals surface area contributed by atoms with E-state index in [1.807, 2.05) is 18.2 Å². The zero-order chi connectivity index (χ0) is 32.3. The van der Waals surface area contributed by atoms with Crippen LogP contribution in [0.5, 0.6) is 0 Å². The van der Waals surface area contributed by atoms with E-state index in [4.69, 9.17) is 37.6 Å². The van der Waals surface area contributed by atoms with Crippen molar-refractivity contribution in [2.24, 2.45) is 11.8 Å². The van der Waals surface area contributed by atoms with Crippen molar-refractivity contribution in [3.63, 3.8) is 0 Å². The van der Waals surface area contributed by atoms with E-state index in [1.165, 1.54) is 0 Å². The third-order valence-corrected chi connectivity index (χ3v) is 13.2. The molecule has 0 saturated heterocycles. The van der Waals surface area contributed by atoms with Crippen molar-refractivity contribution < 1.29 is 37.6 Å². The highest BCUT2D eigenvalue weighted by molar-refractivity contribution is 6.74. The number of ether oxygens (including phenoxy) is 7. The fourth-order valence-electron chi connectivity index (χ4n) is 5.00. The minimum atomic E-state index is -1.77. The molecule has 1 aliphatic carbocycles. The molecule has 252 valence electrons. The molecule has 0 bridgehead atoms. The first-order valence-electron chi connectivity index (χ1n) is 16.2. The van der Waals surface area contributed by atoms with Gasteiger partial charge in [0.05, 0.1) is 51.8 Å². The summed E-state index contributed by atoms with van der Waals surface area (Å²) in [5, 5.41) is 0.213. The lowest BCUT2D eigenvalue weighted by molar-refractivity contribution is -0.139. The Morgan fingerprint density at radius 3 is 2.25 bits per heavy atom. The molecule has 1 saturated carbocycles. The predicted octanol–water partition coefficient (Wildman–Crippen LogP) is 6.82. The summed E-state index contributed by atoms with van der Waals surface area (Å²) < 4.78 is 46.6. The van der Waals surface area contributed by atoms with Crippen LogP contribution in [0.15, 0.2) is 30.3 Å². The Morgan fingerprint density at radius 1 is 0.909 bits per heavy atom. The molecule has 0 unspecified atom stereocenters. The highest BCUT2D eigenvalue weighted by atomic mass is 28.4. The molecule has 5 atom stereocenters. The first kappa shape index (κ1) is 38.9. The number of rotatable bonds is 22. The van der Waals surface area contributed by atoms with Crippen LogP contribution in [0, 0.1) is 23.7 Å². The van der Waals surface area contributed by atoms with Crippen LogP contribution < -0.4 is 0 Å². The monoisotopic (exact) mass is 636 g/mol. The van der Waals surface area contributed by atoms with Crippen LogP contribution in [0.3, 0.4) is 0 Å². The first-order chi connectivity index (χ1) is 21.1. The number of hydrogen-bond donors (Lipinski definition) is 0. The number of unbranched alkanes of at least 4 members (excludes halogenated alkanes) is 1. The summed E-state index contributed by atoms with van der Waals surface area (Å²) in [5.74, 6) is 7.36. The molecule has 0 amide bonds. The molecule has 0 aliphatic heterocycles. The molecule has 1 aliphatic rings. The van der Waals surface area contributed by atoms with Crippen molar-refractivity contribution >= 4 is 8.32 Å². The summed E-state index contributed by atoms with van der Waals surface area (Å²) in [4.78, 5) is 0. The lowest BCUT2D eigenvalue weighted by Crippen LogP contribution is -2.43. The normalized spacial score (nSPS) is 20.3. The molecule has 0 heterocycles. The minimum absolute atomic E-state index is 0.0366. The quantitative estimate of drug-likeness (QED) is 0.0594.